The minimum Gasteiger partial charge on any atom is -0.490 e. The summed E-state index contributed by atoms with van der Waals surface area (Å²) >= 11 is 0. The van der Waals surface area contributed by atoms with Crippen LogP contribution in [-0.4, -0.2) is 12.2 Å². The SMILES string of the molecule is CC(C)Oc1ccc(OC2CC2)cc1C(F)(F)F. The lowest BCUT2D eigenvalue weighted by Gasteiger charge is -2.17. The van der Waals surface area contributed by atoms with E-state index >= 15 is 0 Å². The minimum absolute atomic E-state index is 0.0722. The Morgan fingerprint density at radius 1 is 1.22 bits per heavy atom. The van der Waals surface area contributed by atoms with Gasteiger partial charge < -0.3 is 9.47 Å². The fraction of sp³-hybridized carbons (Fsp3) is 0.538. The van der Waals surface area contributed by atoms with E-state index < -0.39 is 11.7 Å². The maximum Gasteiger partial charge on any atom is 0.420 e. The second kappa shape index (κ2) is 4.71. The van der Waals surface area contributed by atoms with Gasteiger partial charge in [0.05, 0.1) is 12.2 Å². The van der Waals surface area contributed by atoms with Crippen molar-refractivity contribution in [3.05, 3.63) is 23.8 Å². The summed E-state index contributed by atoms with van der Waals surface area (Å²) in [6.07, 6.45) is -2.85. The summed E-state index contributed by atoms with van der Waals surface area (Å²) in [5.74, 6) is 0.0987. The Morgan fingerprint density at radius 2 is 1.89 bits per heavy atom. The Hall–Kier alpha value is -1.39. The lowest BCUT2D eigenvalue weighted by Crippen LogP contribution is -2.13. The van der Waals surface area contributed by atoms with Crippen molar-refractivity contribution >= 4 is 0 Å². The molecule has 0 radical (unpaired) electrons. The molecule has 0 heterocycles. The Morgan fingerprint density at radius 3 is 2.39 bits per heavy atom. The van der Waals surface area contributed by atoms with E-state index in [2.05, 4.69) is 0 Å². The van der Waals surface area contributed by atoms with Crippen LogP contribution in [0.1, 0.15) is 32.3 Å². The quantitative estimate of drug-likeness (QED) is 0.813. The Kier molecular flexibility index (Phi) is 3.41. The van der Waals surface area contributed by atoms with Gasteiger partial charge in [0.2, 0.25) is 0 Å². The summed E-state index contributed by atoms with van der Waals surface area (Å²) < 4.78 is 49.2. The number of ether oxygens (including phenoxy) is 2. The standard InChI is InChI=1S/C13H15F3O2/c1-8(2)17-12-6-5-10(18-9-3-4-9)7-11(12)13(14,15)16/h5-9H,3-4H2,1-2H3. The predicted molar refractivity (Wildman–Crippen MR) is 60.9 cm³/mol. The Balaban J connectivity index is 2.28. The first kappa shape index (κ1) is 13.1. The summed E-state index contributed by atoms with van der Waals surface area (Å²) in [6.45, 7) is 3.38. The van der Waals surface area contributed by atoms with E-state index in [1.54, 1.807) is 13.8 Å². The largest absolute Gasteiger partial charge is 0.490 e. The predicted octanol–water partition coefficient (Wildman–Crippen LogP) is 4.03. The maximum absolute atomic E-state index is 12.9. The van der Waals surface area contributed by atoms with Crippen molar-refractivity contribution in [1.82, 2.24) is 0 Å². The van der Waals surface area contributed by atoms with E-state index in [0.717, 1.165) is 18.9 Å². The number of hydrogen-bond acceptors (Lipinski definition) is 2. The lowest BCUT2D eigenvalue weighted by molar-refractivity contribution is -0.139. The summed E-state index contributed by atoms with van der Waals surface area (Å²) in [5.41, 5.74) is -0.783. The van der Waals surface area contributed by atoms with Gasteiger partial charge in [0.1, 0.15) is 17.1 Å². The number of rotatable bonds is 4. The number of hydrogen-bond donors (Lipinski definition) is 0. The van der Waals surface area contributed by atoms with Gasteiger partial charge >= 0.3 is 6.18 Å². The summed E-state index contributed by atoms with van der Waals surface area (Å²) in [4.78, 5) is 0. The van der Waals surface area contributed by atoms with Crippen LogP contribution in [0, 0.1) is 0 Å². The molecular formula is C13H15F3O2. The monoisotopic (exact) mass is 260 g/mol. The maximum atomic E-state index is 12.9. The second-order valence-electron chi connectivity index (χ2n) is 4.64. The zero-order valence-electron chi connectivity index (χ0n) is 10.3. The molecule has 0 bridgehead atoms. The van der Waals surface area contributed by atoms with Crippen LogP contribution in [0.3, 0.4) is 0 Å². The minimum atomic E-state index is -4.44. The van der Waals surface area contributed by atoms with E-state index in [9.17, 15) is 13.2 Å². The molecule has 0 spiro atoms. The van der Waals surface area contributed by atoms with Gasteiger partial charge in [-0.05, 0) is 44.9 Å². The highest BCUT2D eigenvalue weighted by atomic mass is 19.4. The summed E-state index contributed by atoms with van der Waals surface area (Å²) in [5, 5.41) is 0. The molecule has 0 aliphatic heterocycles. The molecule has 0 saturated heterocycles. The topological polar surface area (TPSA) is 18.5 Å². The molecule has 0 amide bonds. The van der Waals surface area contributed by atoms with Crippen molar-refractivity contribution in [3.63, 3.8) is 0 Å². The van der Waals surface area contributed by atoms with Crippen LogP contribution in [0.15, 0.2) is 18.2 Å². The zero-order valence-corrected chi connectivity index (χ0v) is 10.3. The van der Waals surface area contributed by atoms with Gasteiger partial charge in [0.15, 0.2) is 0 Å². The normalized spacial score (nSPS) is 15.9. The molecule has 0 unspecified atom stereocenters. The van der Waals surface area contributed by atoms with E-state index in [0.29, 0.717) is 0 Å². The molecular weight excluding hydrogens is 245 g/mol. The van der Waals surface area contributed by atoms with Gasteiger partial charge in [-0.1, -0.05) is 0 Å². The molecule has 1 aromatic carbocycles. The number of alkyl halides is 3. The van der Waals surface area contributed by atoms with Gasteiger partial charge in [0, 0.05) is 0 Å². The van der Waals surface area contributed by atoms with Gasteiger partial charge in [-0.3, -0.25) is 0 Å². The van der Waals surface area contributed by atoms with Crippen LogP contribution in [0.2, 0.25) is 0 Å². The van der Waals surface area contributed by atoms with Crippen molar-refractivity contribution < 1.29 is 22.6 Å². The molecule has 2 nitrogen and oxygen atoms in total. The number of benzene rings is 1. The smallest absolute Gasteiger partial charge is 0.420 e. The molecule has 0 atom stereocenters. The van der Waals surface area contributed by atoms with Crippen LogP contribution in [0.25, 0.3) is 0 Å². The first-order valence-corrected chi connectivity index (χ1v) is 5.91. The molecule has 1 aliphatic carbocycles. The number of halogens is 3. The molecule has 0 N–H and O–H groups in total. The fourth-order valence-corrected chi connectivity index (χ4v) is 1.54. The highest BCUT2D eigenvalue weighted by Gasteiger charge is 2.35. The zero-order chi connectivity index (χ0) is 13.3. The van der Waals surface area contributed by atoms with E-state index in [4.69, 9.17) is 9.47 Å². The molecule has 1 aromatic rings. The van der Waals surface area contributed by atoms with Crippen LogP contribution in [-0.2, 0) is 6.18 Å². The highest BCUT2D eigenvalue weighted by Crippen LogP contribution is 2.39. The van der Waals surface area contributed by atoms with E-state index in [-0.39, 0.29) is 23.7 Å². The van der Waals surface area contributed by atoms with Gasteiger partial charge in [-0.25, -0.2) is 0 Å². The molecule has 18 heavy (non-hydrogen) atoms. The third-order valence-electron chi connectivity index (χ3n) is 2.45. The van der Waals surface area contributed by atoms with Crippen molar-refractivity contribution in [1.29, 1.82) is 0 Å². The summed E-state index contributed by atoms with van der Waals surface area (Å²) in [7, 11) is 0. The second-order valence-corrected chi connectivity index (χ2v) is 4.64. The Labute approximate surface area is 104 Å². The molecule has 2 rings (SSSR count). The average molecular weight is 260 g/mol. The van der Waals surface area contributed by atoms with Crippen LogP contribution < -0.4 is 9.47 Å². The first-order valence-electron chi connectivity index (χ1n) is 5.91. The third kappa shape index (κ3) is 3.31. The van der Waals surface area contributed by atoms with Gasteiger partial charge in [-0.2, -0.15) is 13.2 Å². The van der Waals surface area contributed by atoms with Crippen LogP contribution in [0.4, 0.5) is 13.2 Å². The molecule has 1 aliphatic rings. The lowest BCUT2D eigenvalue weighted by atomic mass is 10.2. The summed E-state index contributed by atoms with van der Waals surface area (Å²) in [6, 6.07) is 3.85. The molecule has 0 aromatic heterocycles. The molecule has 5 heteroatoms. The fourth-order valence-electron chi connectivity index (χ4n) is 1.54. The first-order chi connectivity index (χ1) is 8.36. The Bertz CT molecular complexity index is 423. The average Bonchev–Trinajstić information content (AvgIpc) is 3.02. The highest BCUT2D eigenvalue weighted by molar-refractivity contribution is 5.42. The van der Waals surface area contributed by atoms with E-state index in [1.165, 1.54) is 12.1 Å². The van der Waals surface area contributed by atoms with Crippen molar-refractivity contribution in [2.24, 2.45) is 0 Å². The van der Waals surface area contributed by atoms with Crippen molar-refractivity contribution in [2.45, 2.75) is 45.1 Å². The van der Waals surface area contributed by atoms with E-state index in [1.807, 2.05) is 0 Å². The van der Waals surface area contributed by atoms with Gasteiger partial charge in [0.25, 0.3) is 0 Å². The third-order valence-corrected chi connectivity index (χ3v) is 2.45. The van der Waals surface area contributed by atoms with Crippen molar-refractivity contribution in [2.75, 3.05) is 0 Å². The van der Waals surface area contributed by atoms with Crippen LogP contribution >= 0.6 is 0 Å². The van der Waals surface area contributed by atoms with Crippen molar-refractivity contribution in [3.8, 4) is 11.5 Å². The van der Waals surface area contributed by atoms with Gasteiger partial charge in [-0.15, -0.1) is 0 Å². The molecule has 100 valence electrons. The molecule has 1 saturated carbocycles. The molecule has 1 fully saturated rings. The van der Waals surface area contributed by atoms with Crippen LogP contribution in [0.5, 0.6) is 11.5 Å².